The minimum atomic E-state index is -3.17. The van der Waals surface area contributed by atoms with Gasteiger partial charge in [-0.3, -0.25) is 10.2 Å². The number of benzene rings is 1. The lowest BCUT2D eigenvalue weighted by molar-refractivity contribution is 0.122. The van der Waals surface area contributed by atoms with Crippen LogP contribution in [0.2, 0.25) is 0 Å². The lowest BCUT2D eigenvalue weighted by atomic mass is 10.2. The second-order valence-electron chi connectivity index (χ2n) is 9.98. The predicted molar refractivity (Wildman–Crippen MR) is 160 cm³/mol. The predicted octanol–water partition coefficient (Wildman–Crippen LogP) is 1.34. The molecule has 0 aliphatic carbocycles. The first-order valence-electron chi connectivity index (χ1n) is 13.6. The van der Waals surface area contributed by atoms with Gasteiger partial charge < -0.3 is 15.0 Å². The van der Waals surface area contributed by atoms with Crippen LogP contribution in [0.3, 0.4) is 0 Å². The highest BCUT2D eigenvalue weighted by molar-refractivity contribution is 7.88. The van der Waals surface area contributed by atoms with Crippen LogP contribution in [0.4, 0.5) is 22.4 Å². The van der Waals surface area contributed by atoms with E-state index in [4.69, 9.17) is 19.7 Å². The Hall–Kier alpha value is -4.10. The summed E-state index contributed by atoms with van der Waals surface area (Å²) in [5, 5.41) is 18.3. The van der Waals surface area contributed by atoms with Crippen LogP contribution < -0.4 is 15.5 Å². The number of urea groups is 1. The van der Waals surface area contributed by atoms with Crippen molar-refractivity contribution < 1.29 is 17.9 Å². The van der Waals surface area contributed by atoms with Gasteiger partial charge in [0.25, 0.3) is 5.95 Å². The number of hydrogen-bond donors (Lipinski definition) is 3. The zero-order valence-corrected chi connectivity index (χ0v) is 24.9. The second-order valence-corrected chi connectivity index (χ2v) is 13.1. The first-order chi connectivity index (χ1) is 20.8. The van der Waals surface area contributed by atoms with Crippen LogP contribution >= 0.6 is 11.3 Å². The summed E-state index contributed by atoms with van der Waals surface area (Å²) in [6.07, 6.45) is 1.26. The molecular weight excluding hydrogens is 596 g/mol. The van der Waals surface area contributed by atoms with Gasteiger partial charge in [-0.1, -0.05) is 5.10 Å². The zero-order valence-electron chi connectivity index (χ0n) is 23.3. The Kier molecular flexibility index (Phi) is 8.52. The van der Waals surface area contributed by atoms with Crippen molar-refractivity contribution in [1.29, 1.82) is 0 Å². The fraction of sp³-hybridized carbons (Fsp3) is 0.400. The van der Waals surface area contributed by atoms with E-state index in [1.54, 1.807) is 23.5 Å². The van der Waals surface area contributed by atoms with E-state index in [0.29, 0.717) is 75.8 Å². The van der Waals surface area contributed by atoms with Crippen molar-refractivity contribution >= 4 is 45.0 Å². The van der Waals surface area contributed by atoms with E-state index in [1.165, 1.54) is 10.6 Å². The molecule has 0 saturated carbocycles. The average Bonchev–Trinajstić information content (AvgIpc) is 3.70. The van der Waals surface area contributed by atoms with Crippen molar-refractivity contribution in [3.63, 3.8) is 0 Å². The Morgan fingerprint density at radius 3 is 2.40 bits per heavy atom. The molecule has 3 N–H and O–H groups in total. The maximum absolute atomic E-state index is 12.2. The summed E-state index contributed by atoms with van der Waals surface area (Å²) >= 11 is 1.61. The molecule has 4 aromatic rings. The van der Waals surface area contributed by atoms with Gasteiger partial charge >= 0.3 is 6.03 Å². The topological polar surface area (TPSA) is 187 Å². The number of aromatic amines is 1. The van der Waals surface area contributed by atoms with Gasteiger partial charge in [-0.05, 0) is 41.6 Å². The SMILES string of the molecule is CS(=O)(=O)N1CCN(Cc2ccc(-c3nc(-c4ccc(NC(=O)Nc5nn[nH]n5)cc4)nc(N4CCOCC4)n3)s2)CC1. The molecule has 0 spiro atoms. The third kappa shape index (κ3) is 7.28. The van der Waals surface area contributed by atoms with E-state index in [2.05, 4.69) is 47.1 Å². The highest BCUT2D eigenvalue weighted by atomic mass is 32.2. The zero-order chi connectivity index (χ0) is 29.8. The number of thiophene rings is 1. The summed E-state index contributed by atoms with van der Waals surface area (Å²) in [5.41, 5.74) is 1.33. The van der Waals surface area contributed by atoms with Crippen molar-refractivity contribution in [3.05, 3.63) is 41.3 Å². The van der Waals surface area contributed by atoms with Gasteiger partial charge in [-0.15, -0.1) is 16.4 Å². The normalized spacial score (nSPS) is 16.7. The van der Waals surface area contributed by atoms with Crippen molar-refractivity contribution in [1.82, 2.24) is 44.8 Å². The van der Waals surface area contributed by atoms with Gasteiger partial charge in [0.1, 0.15) is 0 Å². The van der Waals surface area contributed by atoms with Crippen LogP contribution in [0.1, 0.15) is 4.88 Å². The molecule has 2 saturated heterocycles. The Morgan fingerprint density at radius 2 is 1.70 bits per heavy atom. The molecule has 0 bridgehead atoms. The largest absolute Gasteiger partial charge is 0.378 e. The number of morpholine rings is 1. The highest BCUT2D eigenvalue weighted by Crippen LogP contribution is 2.30. The third-order valence-electron chi connectivity index (χ3n) is 6.95. The molecule has 43 heavy (non-hydrogen) atoms. The minimum absolute atomic E-state index is 0.0636. The number of anilines is 3. The smallest absolute Gasteiger partial charge is 0.326 e. The molecule has 0 radical (unpaired) electrons. The molecule has 6 rings (SSSR count). The molecule has 2 fully saturated rings. The summed E-state index contributed by atoms with van der Waals surface area (Å²) in [4.78, 5) is 33.1. The van der Waals surface area contributed by atoms with Crippen molar-refractivity contribution in [3.8, 4) is 22.1 Å². The lowest BCUT2D eigenvalue weighted by Crippen LogP contribution is -2.47. The molecule has 18 heteroatoms. The maximum Gasteiger partial charge on any atom is 0.326 e. The number of H-pyrrole nitrogens is 1. The molecule has 16 nitrogen and oxygen atoms in total. The molecule has 3 aromatic heterocycles. The average molecular weight is 627 g/mol. The van der Waals surface area contributed by atoms with Crippen LogP contribution in [0.15, 0.2) is 36.4 Å². The third-order valence-corrected chi connectivity index (χ3v) is 9.32. The van der Waals surface area contributed by atoms with Crippen molar-refractivity contribution in [2.24, 2.45) is 0 Å². The number of piperazine rings is 1. The summed E-state index contributed by atoms with van der Waals surface area (Å²) in [6.45, 7) is 5.63. The Balaban J connectivity index is 1.20. The van der Waals surface area contributed by atoms with Crippen LogP contribution in [0.5, 0.6) is 0 Å². The van der Waals surface area contributed by atoms with Gasteiger partial charge in [0, 0.05) is 61.9 Å². The molecule has 5 heterocycles. The number of amides is 2. The number of rotatable bonds is 8. The van der Waals surface area contributed by atoms with Gasteiger partial charge in [0.05, 0.1) is 24.3 Å². The van der Waals surface area contributed by atoms with Gasteiger partial charge in [-0.25, -0.2) is 18.2 Å². The van der Waals surface area contributed by atoms with E-state index in [1.807, 2.05) is 18.2 Å². The van der Waals surface area contributed by atoms with Crippen molar-refractivity contribution in [2.45, 2.75) is 6.54 Å². The van der Waals surface area contributed by atoms with Crippen LogP contribution in [-0.4, -0.2) is 118 Å². The number of aromatic nitrogens is 7. The number of sulfonamides is 1. The molecule has 0 atom stereocenters. The first-order valence-corrected chi connectivity index (χ1v) is 16.2. The molecule has 2 aliphatic rings. The Morgan fingerprint density at radius 1 is 0.953 bits per heavy atom. The fourth-order valence-corrected chi connectivity index (χ4v) is 6.52. The molecule has 2 aliphatic heterocycles. The molecule has 226 valence electrons. The number of nitrogens with one attached hydrogen (secondary N) is 3. The van der Waals surface area contributed by atoms with Gasteiger partial charge in [0.15, 0.2) is 11.6 Å². The minimum Gasteiger partial charge on any atom is -0.378 e. The number of hydrogen-bond acceptors (Lipinski definition) is 13. The molecule has 1 aromatic carbocycles. The van der Waals surface area contributed by atoms with Gasteiger partial charge in [-0.2, -0.15) is 19.5 Å². The molecular formula is C25H30N12O4S2. The Labute approximate surface area is 251 Å². The lowest BCUT2D eigenvalue weighted by Gasteiger charge is -2.32. The summed E-state index contributed by atoms with van der Waals surface area (Å²) < 4.78 is 30.7. The number of nitrogens with zero attached hydrogens (tertiary/aromatic N) is 9. The standard InChI is InChI=1S/C25H30N12O4S2/c1-43(39,40)37-10-8-35(9-11-37)16-19-6-7-20(42-19)22-27-21(28-24(29-22)36-12-14-41-15-13-36)17-2-4-18(5-3-17)26-25(38)30-23-31-33-34-32-23/h2-7H,8-16H2,1H3,(H3,26,30,31,32,33,34,38). The second kappa shape index (κ2) is 12.6. The number of carbonyl (C=O) groups excluding carboxylic acids is 1. The van der Waals surface area contributed by atoms with E-state index in [0.717, 1.165) is 21.9 Å². The maximum atomic E-state index is 12.2. The van der Waals surface area contributed by atoms with Gasteiger partial charge in [0.2, 0.25) is 16.0 Å². The fourth-order valence-electron chi connectivity index (χ4n) is 4.71. The summed E-state index contributed by atoms with van der Waals surface area (Å²) in [5.74, 6) is 1.73. The van der Waals surface area contributed by atoms with E-state index in [-0.39, 0.29) is 5.95 Å². The van der Waals surface area contributed by atoms with Crippen molar-refractivity contribution in [2.75, 3.05) is 74.3 Å². The van der Waals surface area contributed by atoms with E-state index >= 15 is 0 Å². The van der Waals surface area contributed by atoms with Crippen LogP contribution in [0.25, 0.3) is 22.1 Å². The van der Waals surface area contributed by atoms with E-state index < -0.39 is 16.1 Å². The summed E-state index contributed by atoms with van der Waals surface area (Å²) in [7, 11) is -3.17. The molecule has 2 amide bonds. The first kappa shape index (κ1) is 29.0. The Bertz CT molecular complexity index is 1650. The quantitative estimate of drug-likeness (QED) is 0.255. The van der Waals surface area contributed by atoms with Crippen LogP contribution in [-0.2, 0) is 21.3 Å². The summed E-state index contributed by atoms with van der Waals surface area (Å²) in [6, 6.07) is 10.8. The highest BCUT2D eigenvalue weighted by Gasteiger charge is 2.24. The monoisotopic (exact) mass is 626 g/mol. The number of carbonyl (C=O) groups is 1. The number of ether oxygens (including phenoxy) is 1. The van der Waals surface area contributed by atoms with Crippen LogP contribution in [0, 0.1) is 0 Å². The van der Waals surface area contributed by atoms with E-state index in [9.17, 15) is 13.2 Å². The molecule has 0 unspecified atom stereocenters. The number of tetrazole rings is 1.